The zero-order valence-electron chi connectivity index (χ0n) is 8.87. The van der Waals surface area contributed by atoms with Crippen molar-refractivity contribution in [1.82, 2.24) is 4.98 Å². The van der Waals surface area contributed by atoms with Gasteiger partial charge in [0.25, 0.3) is 0 Å². The molecule has 84 valence electrons. The molecule has 1 aromatic rings. The maximum absolute atomic E-state index is 5.59. The molecule has 5 heteroatoms. The minimum atomic E-state index is 0.388. The summed E-state index contributed by atoms with van der Waals surface area (Å²) < 4.78 is 1.95. The van der Waals surface area contributed by atoms with E-state index in [2.05, 4.69) is 55.6 Å². The molecule has 0 radical (unpaired) electrons. The highest BCUT2D eigenvalue weighted by atomic mass is 79.9. The molecule has 0 fully saturated rings. The first-order valence-corrected chi connectivity index (χ1v) is 6.42. The zero-order chi connectivity index (χ0) is 11.4. The fourth-order valence-corrected chi connectivity index (χ4v) is 2.58. The van der Waals surface area contributed by atoms with Crippen LogP contribution in [0.1, 0.15) is 13.8 Å². The van der Waals surface area contributed by atoms with E-state index in [9.17, 15) is 0 Å². The van der Waals surface area contributed by atoms with Crippen LogP contribution in [-0.4, -0.2) is 24.1 Å². The molecule has 15 heavy (non-hydrogen) atoms. The van der Waals surface area contributed by atoms with Crippen LogP contribution in [0, 0.1) is 0 Å². The molecule has 0 aliphatic rings. The van der Waals surface area contributed by atoms with E-state index in [4.69, 9.17) is 5.73 Å². The van der Waals surface area contributed by atoms with Crippen molar-refractivity contribution in [2.75, 3.05) is 18.0 Å². The summed E-state index contributed by atoms with van der Waals surface area (Å²) in [6.45, 7) is 5.70. The molecule has 0 bridgehead atoms. The van der Waals surface area contributed by atoms with Crippen molar-refractivity contribution in [2.45, 2.75) is 19.9 Å². The van der Waals surface area contributed by atoms with E-state index in [1.807, 2.05) is 6.07 Å². The number of nitrogens with zero attached hydrogens (tertiary/aromatic N) is 2. The van der Waals surface area contributed by atoms with E-state index in [1.54, 1.807) is 6.20 Å². The molecule has 0 atom stereocenters. The standard InChI is InChI=1S/C10H15Br2N3/c1-7(2)15(4-3-13)10-9(12)5-8(11)6-14-10/h5-7H,3-4,13H2,1-2H3. The van der Waals surface area contributed by atoms with E-state index in [1.165, 1.54) is 0 Å². The number of pyridine rings is 1. The second-order valence-corrected chi connectivity index (χ2v) is 5.30. The molecule has 0 saturated carbocycles. The largest absolute Gasteiger partial charge is 0.352 e. The van der Waals surface area contributed by atoms with Crippen molar-refractivity contribution in [3.63, 3.8) is 0 Å². The highest BCUT2D eigenvalue weighted by molar-refractivity contribution is 9.11. The number of hydrogen-bond donors (Lipinski definition) is 1. The maximum atomic E-state index is 5.59. The average molecular weight is 337 g/mol. The lowest BCUT2D eigenvalue weighted by Crippen LogP contribution is -2.36. The third-order valence-electron chi connectivity index (χ3n) is 2.05. The summed E-state index contributed by atoms with van der Waals surface area (Å²) in [5.74, 6) is 0.943. The Balaban J connectivity index is 3.00. The lowest BCUT2D eigenvalue weighted by Gasteiger charge is -2.28. The highest BCUT2D eigenvalue weighted by Gasteiger charge is 2.14. The van der Waals surface area contributed by atoms with Crippen LogP contribution >= 0.6 is 31.9 Å². The number of anilines is 1. The second kappa shape index (κ2) is 5.82. The van der Waals surface area contributed by atoms with Crippen molar-refractivity contribution in [3.8, 4) is 0 Å². The number of halogens is 2. The molecule has 0 saturated heterocycles. The van der Waals surface area contributed by atoms with Gasteiger partial charge < -0.3 is 10.6 Å². The topological polar surface area (TPSA) is 42.1 Å². The fraction of sp³-hybridized carbons (Fsp3) is 0.500. The smallest absolute Gasteiger partial charge is 0.143 e. The SMILES string of the molecule is CC(C)N(CCN)c1ncc(Br)cc1Br. The predicted octanol–water partition coefficient (Wildman–Crippen LogP) is 2.78. The Bertz CT molecular complexity index is 328. The maximum Gasteiger partial charge on any atom is 0.143 e. The van der Waals surface area contributed by atoms with Crippen LogP contribution in [-0.2, 0) is 0 Å². The normalized spacial score (nSPS) is 10.8. The Hall–Kier alpha value is -0.130. The van der Waals surface area contributed by atoms with Gasteiger partial charge in [-0.25, -0.2) is 4.98 Å². The van der Waals surface area contributed by atoms with Gasteiger partial charge in [0.15, 0.2) is 0 Å². The first-order valence-electron chi connectivity index (χ1n) is 4.84. The quantitative estimate of drug-likeness (QED) is 0.919. The van der Waals surface area contributed by atoms with Crippen LogP contribution in [0.25, 0.3) is 0 Å². The summed E-state index contributed by atoms with van der Waals surface area (Å²) in [6, 6.07) is 2.38. The van der Waals surface area contributed by atoms with Crippen molar-refractivity contribution in [1.29, 1.82) is 0 Å². The van der Waals surface area contributed by atoms with Gasteiger partial charge in [0, 0.05) is 29.8 Å². The van der Waals surface area contributed by atoms with Gasteiger partial charge in [-0.15, -0.1) is 0 Å². The molecule has 1 aromatic heterocycles. The van der Waals surface area contributed by atoms with Gasteiger partial charge in [0.2, 0.25) is 0 Å². The van der Waals surface area contributed by atoms with E-state index in [-0.39, 0.29) is 0 Å². The number of rotatable bonds is 4. The van der Waals surface area contributed by atoms with Gasteiger partial charge in [0.05, 0.1) is 4.47 Å². The fourth-order valence-electron chi connectivity index (χ4n) is 1.37. The molecule has 2 N–H and O–H groups in total. The summed E-state index contributed by atoms with van der Waals surface area (Å²) >= 11 is 6.90. The van der Waals surface area contributed by atoms with Crippen molar-refractivity contribution in [2.24, 2.45) is 5.73 Å². The Kier molecular flexibility index (Phi) is 5.02. The van der Waals surface area contributed by atoms with Crippen molar-refractivity contribution < 1.29 is 0 Å². The third-order valence-corrected chi connectivity index (χ3v) is 3.07. The monoisotopic (exact) mass is 335 g/mol. The van der Waals surface area contributed by atoms with Gasteiger partial charge in [-0.2, -0.15) is 0 Å². The Labute approximate surface area is 107 Å². The molecule has 3 nitrogen and oxygen atoms in total. The summed E-state index contributed by atoms with van der Waals surface area (Å²) in [5, 5.41) is 0. The van der Waals surface area contributed by atoms with Gasteiger partial charge in [-0.1, -0.05) is 0 Å². The van der Waals surface area contributed by atoms with Gasteiger partial charge in [-0.05, 0) is 51.8 Å². The first-order chi connectivity index (χ1) is 7.06. The van der Waals surface area contributed by atoms with Crippen LogP contribution in [0.2, 0.25) is 0 Å². The van der Waals surface area contributed by atoms with Crippen LogP contribution in [0.3, 0.4) is 0 Å². The first kappa shape index (κ1) is 12.9. The van der Waals surface area contributed by atoms with Gasteiger partial charge in [-0.3, -0.25) is 0 Å². The number of nitrogens with two attached hydrogens (primary N) is 1. The van der Waals surface area contributed by atoms with Crippen LogP contribution in [0.5, 0.6) is 0 Å². The highest BCUT2D eigenvalue weighted by Crippen LogP contribution is 2.27. The van der Waals surface area contributed by atoms with Gasteiger partial charge >= 0.3 is 0 Å². The van der Waals surface area contributed by atoms with Crippen LogP contribution in [0.15, 0.2) is 21.2 Å². The summed E-state index contributed by atoms with van der Waals surface area (Å²) in [6.07, 6.45) is 1.80. The minimum absolute atomic E-state index is 0.388. The van der Waals surface area contributed by atoms with E-state index in [0.29, 0.717) is 12.6 Å². The third kappa shape index (κ3) is 3.43. The molecule has 1 rings (SSSR count). The molecule has 1 heterocycles. The Morgan fingerprint density at radius 2 is 2.13 bits per heavy atom. The Morgan fingerprint density at radius 3 is 2.60 bits per heavy atom. The van der Waals surface area contributed by atoms with Crippen LogP contribution in [0.4, 0.5) is 5.82 Å². The minimum Gasteiger partial charge on any atom is -0.352 e. The average Bonchev–Trinajstić information content (AvgIpc) is 2.15. The number of hydrogen-bond acceptors (Lipinski definition) is 3. The molecule has 0 spiro atoms. The van der Waals surface area contributed by atoms with Crippen LogP contribution < -0.4 is 10.6 Å². The van der Waals surface area contributed by atoms with Crippen molar-refractivity contribution >= 4 is 37.7 Å². The number of aromatic nitrogens is 1. The molecule has 0 aliphatic heterocycles. The zero-order valence-corrected chi connectivity index (χ0v) is 12.0. The van der Waals surface area contributed by atoms with Gasteiger partial charge in [0.1, 0.15) is 5.82 Å². The summed E-state index contributed by atoms with van der Waals surface area (Å²) in [7, 11) is 0. The summed E-state index contributed by atoms with van der Waals surface area (Å²) in [4.78, 5) is 6.57. The van der Waals surface area contributed by atoms with E-state index < -0.39 is 0 Å². The molecule has 0 aliphatic carbocycles. The molecule has 0 amide bonds. The lowest BCUT2D eigenvalue weighted by molar-refractivity contribution is 0.673. The Morgan fingerprint density at radius 1 is 1.47 bits per heavy atom. The molecule has 0 aromatic carbocycles. The molecular formula is C10H15Br2N3. The van der Waals surface area contributed by atoms with E-state index in [0.717, 1.165) is 21.3 Å². The van der Waals surface area contributed by atoms with E-state index >= 15 is 0 Å². The van der Waals surface area contributed by atoms with Crippen molar-refractivity contribution in [3.05, 3.63) is 21.2 Å². The second-order valence-electron chi connectivity index (χ2n) is 3.53. The molecule has 0 unspecified atom stereocenters. The molecular weight excluding hydrogens is 322 g/mol. The lowest BCUT2D eigenvalue weighted by atomic mass is 10.3. The summed E-state index contributed by atoms with van der Waals surface area (Å²) in [5.41, 5.74) is 5.59. The predicted molar refractivity (Wildman–Crippen MR) is 71.2 cm³/mol.